The highest BCUT2D eigenvalue weighted by Gasteiger charge is 2.21. The number of primary amides is 1. The van der Waals surface area contributed by atoms with E-state index < -0.39 is 17.6 Å². The van der Waals surface area contributed by atoms with Crippen molar-refractivity contribution in [1.29, 1.82) is 0 Å². The molecule has 2 N–H and O–H groups in total. The van der Waals surface area contributed by atoms with Crippen LogP contribution in [-0.2, 0) is 11.3 Å². The van der Waals surface area contributed by atoms with Gasteiger partial charge < -0.3 is 10.6 Å². The lowest BCUT2D eigenvalue weighted by Crippen LogP contribution is -2.34. The van der Waals surface area contributed by atoms with Gasteiger partial charge >= 0.3 is 0 Å². The molecule has 0 heterocycles. The van der Waals surface area contributed by atoms with E-state index in [9.17, 15) is 14.0 Å². The van der Waals surface area contributed by atoms with Crippen molar-refractivity contribution in [3.63, 3.8) is 0 Å². The summed E-state index contributed by atoms with van der Waals surface area (Å²) in [6, 6.07) is 11.4. The standard InChI is InChI=1S/C17H15Cl2FN2O2/c18-13-9-14(19)15(20)8-12(13)17(24)22(7-6-16(21)23)10-11-4-2-1-3-5-11/h1-5,8-9H,6-7,10H2,(H2,21,23). The van der Waals surface area contributed by atoms with Crippen LogP contribution in [0.15, 0.2) is 42.5 Å². The summed E-state index contributed by atoms with van der Waals surface area (Å²) >= 11 is 11.7. The van der Waals surface area contributed by atoms with E-state index >= 15 is 0 Å². The molecular weight excluding hydrogens is 354 g/mol. The number of hydrogen-bond acceptors (Lipinski definition) is 2. The fraction of sp³-hybridized carbons (Fsp3) is 0.176. The summed E-state index contributed by atoms with van der Waals surface area (Å²) in [5.74, 6) is -1.77. The molecule has 2 aromatic carbocycles. The predicted octanol–water partition coefficient (Wildman–Crippen LogP) is 3.65. The van der Waals surface area contributed by atoms with Crippen molar-refractivity contribution >= 4 is 35.0 Å². The number of hydrogen-bond donors (Lipinski definition) is 1. The Morgan fingerprint density at radius 2 is 1.75 bits per heavy atom. The first kappa shape index (κ1) is 18.2. The number of nitrogens with two attached hydrogens (primary N) is 1. The average Bonchev–Trinajstić information content (AvgIpc) is 2.55. The van der Waals surface area contributed by atoms with Crippen LogP contribution in [0.3, 0.4) is 0 Å². The molecule has 0 fully saturated rings. The predicted molar refractivity (Wildman–Crippen MR) is 91.4 cm³/mol. The van der Waals surface area contributed by atoms with Gasteiger partial charge in [-0.2, -0.15) is 0 Å². The Morgan fingerprint density at radius 1 is 1.08 bits per heavy atom. The molecule has 0 spiro atoms. The normalized spacial score (nSPS) is 10.5. The highest BCUT2D eigenvalue weighted by Crippen LogP contribution is 2.26. The molecule has 2 amide bonds. The van der Waals surface area contributed by atoms with E-state index in [-0.39, 0.29) is 35.1 Å². The summed E-state index contributed by atoms with van der Waals surface area (Å²) in [4.78, 5) is 25.2. The minimum atomic E-state index is -0.737. The Bertz CT molecular complexity index is 754. The van der Waals surface area contributed by atoms with Crippen LogP contribution < -0.4 is 5.73 Å². The van der Waals surface area contributed by atoms with Crippen LogP contribution in [0.5, 0.6) is 0 Å². The topological polar surface area (TPSA) is 63.4 Å². The number of benzene rings is 2. The molecule has 0 bridgehead atoms. The van der Waals surface area contributed by atoms with E-state index in [0.29, 0.717) is 0 Å². The van der Waals surface area contributed by atoms with Crippen molar-refractivity contribution in [3.05, 3.63) is 69.5 Å². The zero-order chi connectivity index (χ0) is 17.7. The summed E-state index contributed by atoms with van der Waals surface area (Å²) in [5.41, 5.74) is 6.01. The van der Waals surface area contributed by atoms with Crippen LogP contribution in [-0.4, -0.2) is 23.3 Å². The molecule has 2 aromatic rings. The van der Waals surface area contributed by atoms with E-state index in [0.717, 1.165) is 11.6 Å². The zero-order valence-electron chi connectivity index (χ0n) is 12.6. The van der Waals surface area contributed by atoms with Gasteiger partial charge in [0.2, 0.25) is 5.91 Å². The SMILES string of the molecule is NC(=O)CCN(Cc1ccccc1)C(=O)c1cc(F)c(Cl)cc1Cl. The molecule has 0 aromatic heterocycles. The van der Waals surface area contributed by atoms with Crippen molar-refractivity contribution in [1.82, 2.24) is 4.90 Å². The summed E-state index contributed by atoms with van der Waals surface area (Å²) < 4.78 is 13.7. The highest BCUT2D eigenvalue weighted by atomic mass is 35.5. The smallest absolute Gasteiger partial charge is 0.255 e. The van der Waals surface area contributed by atoms with Crippen molar-refractivity contribution in [2.75, 3.05) is 6.54 Å². The molecule has 0 aliphatic carbocycles. The summed E-state index contributed by atoms with van der Waals surface area (Å²) in [7, 11) is 0. The lowest BCUT2D eigenvalue weighted by atomic mass is 10.1. The lowest BCUT2D eigenvalue weighted by Gasteiger charge is -2.23. The van der Waals surface area contributed by atoms with Gasteiger partial charge in [-0.3, -0.25) is 9.59 Å². The Morgan fingerprint density at radius 3 is 2.38 bits per heavy atom. The summed E-state index contributed by atoms with van der Waals surface area (Å²) in [6.45, 7) is 0.344. The first-order chi connectivity index (χ1) is 11.4. The number of carbonyl (C=O) groups is 2. The zero-order valence-corrected chi connectivity index (χ0v) is 14.1. The fourth-order valence-electron chi connectivity index (χ4n) is 2.16. The molecule has 0 aliphatic rings. The van der Waals surface area contributed by atoms with Crippen LogP contribution in [0, 0.1) is 5.82 Å². The van der Waals surface area contributed by atoms with Crippen LogP contribution >= 0.6 is 23.2 Å². The Kier molecular flexibility index (Phi) is 6.17. The van der Waals surface area contributed by atoms with Gasteiger partial charge in [-0.1, -0.05) is 53.5 Å². The molecule has 0 aliphatic heterocycles. The maximum absolute atomic E-state index is 13.7. The van der Waals surface area contributed by atoms with Gasteiger partial charge in [0.25, 0.3) is 5.91 Å². The molecule has 0 unspecified atom stereocenters. The lowest BCUT2D eigenvalue weighted by molar-refractivity contribution is -0.118. The molecule has 2 rings (SSSR count). The molecule has 0 radical (unpaired) electrons. The largest absolute Gasteiger partial charge is 0.370 e. The van der Waals surface area contributed by atoms with Crippen LogP contribution in [0.1, 0.15) is 22.3 Å². The second kappa shape index (κ2) is 8.13. The molecule has 24 heavy (non-hydrogen) atoms. The first-order valence-corrected chi connectivity index (χ1v) is 7.90. The van der Waals surface area contributed by atoms with Crippen LogP contribution in [0.4, 0.5) is 4.39 Å². The monoisotopic (exact) mass is 368 g/mol. The van der Waals surface area contributed by atoms with Gasteiger partial charge in [0, 0.05) is 19.5 Å². The first-order valence-electron chi connectivity index (χ1n) is 7.14. The van der Waals surface area contributed by atoms with E-state index in [2.05, 4.69) is 0 Å². The second-order valence-corrected chi connectivity index (χ2v) is 5.99. The Hall–Kier alpha value is -2.11. The van der Waals surface area contributed by atoms with Gasteiger partial charge in [-0.25, -0.2) is 4.39 Å². The van der Waals surface area contributed by atoms with E-state index in [1.54, 1.807) is 0 Å². The highest BCUT2D eigenvalue weighted by molar-refractivity contribution is 6.36. The molecule has 7 heteroatoms. The van der Waals surface area contributed by atoms with Gasteiger partial charge in [-0.15, -0.1) is 0 Å². The number of halogens is 3. The van der Waals surface area contributed by atoms with Gasteiger partial charge in [0.05, 0.1) is 15.6 Å². The second-order valence-electron chi connectivity index (χ2n) is 5.17. The van der Waals surface area contributed by atoms with Crippen LogP contribution in [0.2, 0.25) is 10.0 Å². The van der Waals surface area contributed by atoms with Crippen molar-refractivity contribution < 1.29 is 14.0 Å². The van der Waals surface area contributed by atoms with E-state index in [1.165, 1.54) is 11.0 Å². The Balaban J connectivity index is 2.30. The molecular formula is C17H15Cl2FN2O2. The molecule has 0 saturated carbocycles. The van der Waals surface area contributed by atoms with Crippen molar-refractivity contribution in [3.8, 4) is 0 Å². The third-order valence-corrected chi connectivity index (χ3v) is 3.97. The van der Waals surface area contributed by atoms with Crippen molar-refractivity contribution in [2.45, 2.75) is 13.0 Å². The summed E-state index contributed by atoms with van der Waals surface area (Å²) in [6.07, 6.45) is -0.00767. The van der Waals surface area contributed by atoms with Gasteiger partial charge in [-0.05, 0) is 17.7 Å². The van der Waals surface area contributed by atoms with E-state index in [4.69, 9.17) is 28.9 Å². The minimum absolute atomic E-state index is 0.00767. The number of amides is 2. The fourth-order valence-corrected chi connectivity index (χ4v) is 2.62. The third-order valence-electron chi connectivity index (χ3n) is 3.37. The molecule has 0 atom stereocenters. The van der Waals surface area contributed by atoms with Crippen molar-refractivity contribution in [2.24, 2.45) is 5.73 Å². The van der Waals surface area contributed by atoms with Crippen LogP contribution in [0.25, 0.3) is 0 Å². The number of nitrogens with zero attached hydrogens (tertiary/aromatic N) is 1. The number of rotatable bonds is 6. The molecule has 0 saturated heterocycles. The molecule has 4 nitrogen and oxygen atoms in total. The molecule has 126 valence electrons. The minimum Gasteiger partial charge on any atom is -0.370 e. The number of carbonyl (C=O) groups excluding carboxylic acids is 2. The maximum atomic E-state index is 13.7. The quantitative estimate of drug-likeness (QED) is 0.790. The van der Waals surface area contributed by atoms with Gasteiger partial charge in [0.15, 0.2) is 0 Å². The maximum Gasteiger partial charge on any atom is 0.255 e. The van der Waals surface area contributed by atoms with E-state index in [1.807, 2.05) is 30.3 Å². The third kappa shape index (κ3) is 4.69. The summed E-state index contributed by atoms with van der Waals surface area (Å²) in [5, 5.41) is -0.119. The Labute approximate surface area is 149 Å². The average molecular weight is 369 g/mol. The van der Waals surface area contributed by atoms with Gasteiger partial charge in [0.1, 0.15) is 5.82 Å².